The van der Waals surface area contributed by atoms with Crippen molar-refractivity contribution < 1.29 is 4.79 Å². The second kappa shape index (κ2) is 6.53. The Bertz CT molecular complexity index is 866. The Kier molecular flexibility index (Phi) is 4.22. The first kappa shape index (κ1) is 16.2. The molecule has 2 aromatic heterocycles. The fourth-order valence-electron chi connectivity index (χ4n) is 2.99. The second-order valence-corrected chi connectivity index (χ2v) is 7.39. The molecule has 1 fully saturated rings. The van der Waals surface area contributed by atoms with Crippen LogP contribution < -0.4 is 16.0 Å². The molecule has 0 spiro atoms. The maximum atomic E-state index is 10.9. The van der Waals surface area contributed by atoms with Crippen LogP contribution in [0.15, 0.2) is 30.5 Å². The molecule has 1 aliphatic heterocycles. The number of benzene rings is 1. The lowest BCUT2D eigenvalue weighted by molar-refractivity contribution is 0.242. The number of primary amides is 1. The van der Waals surface area contributed by atoms with E-state index in [0.29, 0.717) is 5.02 Å². The number of anilines is 1. The van der Waals surface area contributed by atoms with Crippen LogP contribution in [0.2, 0.25) is 5.02 Å². The zero-order chi connectivity index (χ0) is 17.4. The van der Waals surface area contributed by atoms with Crippen LogP contribution in [0, 0.1) is 0 Å². The highest BCUT2D eigenvalue weighted by molar-refractivity contribution is 7.20. The molecule has 3 heterocycles. The molecule has 4 rings (SSSR count). The number of hydrogen-bond acceptors (Lipinski definition) is 5. The Labute approximate surface area is 153 Å². The zero-order valence-electron chi connectivity index (χ0n) is 13.4. The first-order valence-corrected chi connectivity index (χ1v) is 9.21. The van der Waals surface area contributed by atoms with Gasteiger partial charge in [0.2, 0.25) is 10.1 Å². The van der Waals surface area contributed by atoms with Crippen LogP contribution in [0.25, 0.3) is 16.2 Å². The zero-order valence-corrected chi connectivity index (χ0v) is 14.9. The minimum atomic E-state index is -0.458. The van der Waals surface area contributed by atoms with E-state index in [1.165, 1.54) is 0 Å². The SMILES string of the molecule is NC(=O)NC1CCN(c2nn3cc(-c4ccc(Cl)cc4)nc3s2)CC1. The first-order chi connectivity index (χ1) is 12.1. The summed E-state index contributed by atoms with van der Waals surface area (Å²) in [6.07, 6.45) is 3.65. The summed E-state index contributed by atoms with van der Waals surface area (Å²) in [6.45, 7) is 1.68. The quantitative estimate of drug-likeness (QED) is 0.735. The molecule has 9 heteroatoms. The number of hydrogen-bond donors (Lipinski definition) is 2. The van der Waals surface area contributed by atoms with Gasteiger partial charge in [-0.25, -0.2) is 14.3 Å². The smallest absolute Gasteiger partial charge is 0.312 e. The number of carbonyl (C=O) groups is 1. The van der Waals surface area contributed by atoms with Crippen LogP contribution in [0.3, 0.4) is 0 Å². The monoisotopic (exact) mass is 376 g/mol. The van der Waals surface area contributed by atoms with Crippen molar-refractivity contribution in [2.45, 2.75) is 18.9 Å². The third-order valence-corrected chi connectivity index (χ3v) is 5.52. The molecule has 0 unspecified atom stereocenters. The van der Waals surface area contributed by atoms with E-state index < -0.39 is 6.03 Å². The van der Waals surface area contributed by atoms with E-state index in [2.05, 4.69) is 20.3 Å². The first-order valence-electron chi connectivity index (χ1n) is 8.01. The summed E-state index contributed by atoms with van der Waals surface area (Å²) in [5, 5.41) is 9.07. The van der Waals surface area contributed by atoms with Crippen molar-refractivity contribution in [2.75, 3.05) is 18.0 Å². The van der Waals surface area contributed by atoms with Crippen LogP contribution in [-0.4, -0.2) is 39.8 Å². The van der Waals surface area contributed by atoms with E-state index in [1.807, 2.05) is 35.0 Å². The lowest BCUT2D eigenvalue weighted by Crippen LogP contribution is -2.46. The van der Waals surface area contributed by atoms with Gasteiger partial charge in [-0.1, -0.05) is 35.1 Å². The molecule has 3 N–H and O–H groups in total. The third kappa shape index (κ3) is 3.40. The number of rotatable bonds is 3. The number of nitrogens with one attached hydrogen (secondary N) is 1. The molecule has 0 saturated carbocycles. The second-order valence-electron chi connectivity index (χ2n) is 6.01. The van der Waals surface area contributed by atoms with E-state index >= 15 is 0 Å². The third-order valence-electron chi connectivity index (χ3n) is 4.28. The summed E-state index contributed by atoms with van der Waals surface area (Å²) in [4.78, 5) is 18.7. The van der Waals surface area contributed by atoms with Gasteiger partial charge < -0.3 is 16.0 Å². The van der Waals surface area contributed by atoms with E-state index in [0.717, 1.165) is 47.3 Å². The number of amides is 2. The Hall–Kier alpha value is -2.32. The van der Waals surface area contributed by atoms with Crippen molar-refractivity contribution in [3.8, 4) is 11.3 Å². The molecule has 7 nitrogen and oxygen atoms in total. The van der Waals surface area contributed by atoms with Gasteiger partial charge in [-0.15, -0.1) is 5.10 Å². The Balaban J connectivity index is 1.48. The number of imidazole rings is 1. The number of piperidine rings is 1. The van der Waals surface area contributed by atoms with Crippen molar-refractivity contribution in [2.24, 2.45) is 5.73 Å². The van der Waals surface area contributed by atoms with E-state index in [1.54, 1.807) is 11.3 Å². The van der Waals surface area contributed by atoms with E-state index in [-0.39, 0.29) is 6.04 Å². The molecule has 2 amide bonds. The van der Waals surface area contributed by atoms with Crippen LogP contribution in [0.5, 0.6) is 0 Å². The van der Waals surface area contributed by atoms with Crippen LogP contribution in [-0.2, 0) is 0 Å². The van der Waals surface area contributed by atoms with Crippen molar-refractivity contribution in [1.29, 1.82) is 0 Å². The number of halogens is 1. The fraction of sp³-hybridized carbons (Fsp3) is 0.312. The average molecular weight is 377 g/mol. The Morgan fingerprint density at radius 2 is 2.00 bits per heavy atom. The van der Waals surface area contributed by atoms with Gasteiger partial charge in [0.15, 0.2) is 0 Å². The van der Waals surface area contributed by atoms with Gasteiger partial charge in [0.1, 0.15) is 0 Å². The van der Waals surface area contributed by atoms with Gasteiger partial charge in [-0.2, -0.15) is 0 Å². The van der Waals surface area contributed by atoms with Crippen LogP contribution in [0.1, 0.15) is 12.8 Å². The molecular formula is C16H17ClN6OS. The fourth-order valence-corrected chi connectivity index (χ4v) is 4.05. The lowest BCUT2D eigenvalue weighted by atomic mass is 10.1. The normalized spacial score (nSPS) is 15.6. The van der Waals surface area contributed by atoms with Crippen molar-refractivity contribution in [3.63, 3.8) is 0 Å². The topological polar surface area (TPSA) is 88.5 Å². The summed E-state index contributed by atoms with van der Waals surface area (Å²) in [7, 11) is 0. The molecule has 130 valence electrons. The van der Waals surface area contributed by atoms with Gasteiger partial charge in [0.05, 0.1) is 11.9 Å². The molecule has 1 aromatic carbocycles. The van der Waals surface area contributed by atoms with Crippen LogP contribution >= 0.6 is 22.9 Å². The average Bonchev–Trinajstić information content (AvgIpc) is 3.14. The molecule has 1 saturated heterocycles. The number of fused-ring (bicyclic) bond motifs is 1. The molecule has 0 atom stereocenters. The van der Waals surface area contributed by atoms with Gasteiger partial charge in [0.25, 0.3) is 0 Å². The highest BCUT2D eigenvalue weighted by Gasteiger charge is 2.23. The highest BCUT2D eigenvalue weighted by atomic mass is 35.5. The summed E-state index contributed by atoms with van der Waals surface area (Å²) in [5.41, 5.74) is 7.08. The molecule has 3 aromatic rings. The predicted octanol–water partition coefficient (Wildman–Crippen LogP) is 2.75. The summed E-state index contributed by atoms with van der Waals surface area (Å²) >= 11 is 7.50. The minimum absolute atomic E-state index is 0.148. The largest absolute Gasteiger partial charge is 0.352 e. The Morgan fingerprint density at radius 3 is 2.64 bits per heavy atom. The number of aromatic nitrogens is 3. The molecule has 0 radical (unpaired) electrons. The van der Waals surface area contributed by atoms with Crippen molar-refractivity contribution in [3.05, 3.63) is 35.5 Å². The summed E-state index contributed by atoms with van der Waals surface area (Å²) in [5.74, 6) is 0. The molecular weight excluding hydrogens is 360 g/mol. The molecule has 0 bridgehead atoms. The van der Waals surface area contributed by atoms with Gasteiger partial charge >= 0.3 is 6.03 Å². The molecule has 0 aliphatic carbocycles. The maximum Gasteiger partial charge on any atom is 0.312 e. The number of nitrogens with two attached hydrogens (primary N) is 1. The Morgan fingerprint density at radius 1 is 1.28 bits per heavy atom. The number of urea groups is 1. The minimum Gasteiger partial charge on any atom is -0.352 e. The number of nitrogens with zero attached hydrogens (tertiary/aromatic N) is 4. The van der Waals surface area contributed by atoms with Gasteiger partial charge in [0, 0.05) is 29.7 Å². The van der Waals surface area contributed by atoms with Crippen molar-refractivity contribution in [1.82, 2.24) is 19.9 Å². The number of carbonyl (C=O) groups excluding carboxylic acids is 1. The lowest BCUT2D eigenvalue weighted by Gasteiger charge is -2.31. The highest BCUT2D eigenvalue weighted by Crippen LogP contribution is 2.28. The summed E-state index contributed by atoms with van der Waals surface area (Å²) in [6, 6.07) is 7.30. The predicted molar refractivity (Wildman–Crippen MR) is 99.3 cm³/mol. The van der Waals surface area contributed by atoms with Crippen LogP contribution in [0.4, 0.5) is 9.93 Å². The van der Waals surface area contributed by atoms with Gasteiger partial charge in [-0.05, 0) is 25.0 Å². The maximum absolute atomic E-state index is 10.9. The molecule has 25 heavy (non-hydrogen) atoms. The van der Waals surface area contributed by atoms with E-state index in [4.69, 9.17) is 17.3 Å². The standard InChI is InChI=1S/C16H17ClN6OS/c17-11-3-1-10(2-4-11)13-9-23-15(20-13)25-16(21-23)22-7-5-12(6-8-22)19-14(18)24/h1-4,9,12H,5-8H2,(H3,18,19,24). The van der Waals surface area contributed by atoms with Crippen molar-refractivity contribution >= 4 is 39.1 Å². The summed E-state index contributed by atoms with van der Waals surface area (Å²) < 4.78 is 1.82. The van der Waals surface area contributed by atoms with E-state index in [9.17, 15) is 4.79 Å². The van der Waals surface area contributed by atoms with Gasteiger partial charge in [-0.3, -0.25) is 0 Å². The molecule has 1 aliphatic rings.